The molecule has 2 fully saturated rings. The van der Waals surface area contributed by atoms with Crippen molar-refractivity contribution in [1.29, 1.82) is 0 Å². The Hall–Kier alpha value is -1.16. The van der Waals surface area contributed by atoms with Crippen LogP contribution in [0, 0.1) is 28.1 Å². The fourth-order valence-electron chi connectivity index (χ4n) is 6.60. The predicted octanol–water partition coefficient (Wildman–Crippen LogP) is 3.19. The van der Waals surface area contributed by atoms with Crippen molar-refractivity contribution in [3.8, 4) is 0 Å². The highest BCUT2D eigenvalue weighted by Gasteiger charge is 2.68. The Morgan fingerprint density at radius 2 is 1.91 bits per heavy atom. The number of carboxylic acids is 1. The molecule has 0 aromatic heterocycles. The van der Waals surface area contributed by atoms with E-state index in [1.54, 1.807) is 6.08 Å². The van der Waals surface area contributed by atoms with Crippen LogP contribution < -0.4 is 0 Å². The molecule has 0 amide bonds. The molecule has 3 aliphatic carbocycles. The number of aliphatic hydroxyl groups is 1. The van der Waals surface area contributed by atoms with Gasteiger partial charge in [-0.05, 0) is 61.3 Å². The quantitative estimate of drug-likeness (QED) is 0.837. The van der Waals surface area contributed by atoms with Crippen molar-refractivity contribution in [3.63, 3.8) is 0 Å². The number of rotatable bonds is 3. The first-order valence-electron chi connectivity index (χ1n) is 8.62. The highest BCUT2D eigenvalue weighted by atomic mass is 16.4. The molecule has 6 atom stereocenters. The average Bonchev–Trinajstić information content (AvgIpc) is 2.56. The Bertz CT molecular complexity index is 588. The van der Waals surface area contributed by atoms with Gasteiger partial charge in [-0.1, -0.05) is 26.8 Å². The smallest absolute Gasteiger partial charge is 0.303 e. The van der Waals surface area contributed by atoms with Crippen LogP contribution in [0.4, 0.5) is 0 Å². The Balaban J connectivity index is 2.08. The zero-order valence-corrected chi connectivity index (χ0v) is 14.6. The number of hydrogen-bond donors (Lipinski definition) is 2. The van der Waals surface area contributed by atoms with Crippen molar-refractivity contribution in [3.05, 3.63) is 12.2 Å². The van der Waals surface area contributed by atoms with Crippen LogP contribution in [0.15, 0.2) is 12.2 Å². The van der Waals surface area contributed by atoms with E-state index in [4.69, 9.17) is 5.11 Å². The Morgan fingerprint density at radius 1 is 1.26 bits per heavy atom. The van der Waals surface area contributed by atoms with E-state index in [2.05, 4.69) is 13.8 Å². The van der Waals surface area contributed by atoms with Crippen molar-refractivity contribution in [1.82, 2.24) is 0 Å². The summed E-state index contributed by atoms with van der Waals surface area (Å²) in [5, 5.41) is 19.9. The minimum atomic E-state index is -0.852. The van der Waals surface area contributed by atoms with E-state index in [-0.39, 0.29) is 34.9 Å². The molecule has 4 heteroatoms. The number of carbonyl (C=O) groups excluding carboxylic acids is 1. The first kappa shape index (κ1) is 16.7. The largest absolute Gasteiger partial charge is 0.481 e. The summed E-state index contributed by atoms with van der Waals surface area (Å²) in [5.74, 6) is -0.415. The number of ketones is 1. The number of carbonyl (C=O) groups is 2. The second-order valence-corrected chi connectivity index (χ2v) is 9.19. The van der Waals surface area contributed by atoms with Gasteiger partial charge in [0.15, 0.2) is 5.78 Å². The predicted molar refractivity (Wildman–Crippen MR) is 86.8 cm³/mol. The first-order valence-corrected chi connectivity index (χ1v) is 8.62. The normalized spacial score (nSPS) is 51.6. The summed E-state index contributed by atoms with van der Waals surface area (Å²) in [6.45, 7) is 8.27. The molecule has 128 valence electrons. The van der Waals surface area contributed by atoms with Crippen LogP contribution in [0.25, 0.3) is 0 Å². The van der Waals surface area contributed by atoms with E-state index in [1.807, 2.05) is 19.9 Å². The Kier molecular flexibility index (Phi) is 3.40. The van der Waals surface area contributed by atoms with E-state index < -0.39 is 17.0 Å². The zero-order chi connectivity index (χ0) is 17.3. The molecule has 0 aromatic rings. The molecule has 23 heavy (non-hydrogen) atoms. The van der Waals surface area contributed by atoms with Gasteiger partial charge >= 0.3 is 5.97 Å². The number of carboxylic acid groups (broad SMARTS) is 1. The molecule has 0 aromatic carbocycles. The Labute approximate surface area is 138 Å². The van der Waals surface area contributed by atoms with Gasteiger partial charge in [0, 0.05) is 11.8 Å². The maximum absolute atomic E-state index is 12.7. The lowest BCUT2D eigenvalue weighted by molar-refractivity contribution is -0.140. The summed E-state index contributed by atoms with van der Waals surface area (Å²) in [4.78, 5) is 23.8. The molecular formula is C19H28O4. The van der Waals surface area contributed by atoms with Gasteiger partial charge in [-0.3, -0.25) is 9.59 Å². The van der Waals surface area contributed by atoms with Crippen LogP contribution in [-0.4, -0.2) is 27.6 Å². The summed E-state index contributed by atoms with van der Waals surface area (Å²) in [6.07, 6.45) is 6.49. The van der Waals surface area contributed by atoms with E-state index in [0.29, 0.717) is 12.8 Å². The molecule has 0 saturated heterocycles. The SMILES string of the molecule is CC1C2C3(C=CC(=O)[C@@]2(C)CCC(=O)O)CC(C)(O)CC1(C)C3. The minimum absolute atomic E-state index is 0.00808. The molecule has 4 nitrogen and oxygen atoms in total. The fourth-order valence-corrected chi connectivity index (χ4v) is 6.60. The maximum atomic E-state index is 12.7. The van der Waals surface area contributed by atoms with E-state index in [0.717, 1.165) is 12.8 Å². The molecule has 2 bridgehead atoms. The third-order valence-electron chi connectivity index (χ3n) is 7.12. The second kappa shape index (κ2) is 4.69. The zero-order valence-electron chi connectivity index (χ0n) is 14.6. The summed E-state index contributed by atoms with van der Waals surface area (Å²) in [5.41, 5.74) is -1.57. The standard InChI is InChI=1S/C19H28O4/c1-12-15-18(4,7-6-14(21)22)13(20)5-8-19(15)10-16(12,2)9-17(3,23)11-19/h5,8,12,15,23H,6-7,9-11H2,1-4H3,(H,21,22)/t12?,15?,16?,17?,18-,19?/m1/s1. The van der Waals surface area contributed by atoms with Gasteiger partial charge in [0.25, 0.3) is 0 Å². The van der Waals surface area contributed by atoms with E-state index >= 15 is 0 Å². The molecule has 0 radical (unpaired) electrons. The van der Waals surface area contributed by atoms with Crippen LogP contribution in [0.1, 0.15) is 59.8 Å². The van der Waals surface area contributed by atoms with Crippen LogP contribution in [0.2, 0.25) is 0 Å². The van der Waals surface area contributed by atoms with Gasteiger partial charge in [0.05, 0.1) is 5.60 Å². The summed E-state index contributed by atoms with van der Waals surface area (Å²) < 4.78 is 0. The van der Waals surface area contributed by atoms with Gasteiger partial charge in [0.1, 0.15) is 0 Å². The van der Waals surface area contributed by atoms with E-state index in [1.165, 1.54) is 0 Å². The van der Waals surface area contributed by atoms with Gasteiger partial charge in [-0.2, -0.15) is 0 Å². The molecule has 0 heterocycles. The van der Waals surface area contributed by atoms with Crippen LogP contribution in [0.3, 0.4) is 0 Å². The number of fused-ring (bicyclic) bond motifs is 1. The molecule has 3 aliphatic rings. The summed E-state index contributed by atoms with van der Waals surface area (Å²) >= 11 is 0. The highest BCUT2D eigenvalue weighted by molar-refractivity contribution is 5.96. The van der Waals surface area contributed by atoms with Gasteiger partial charge in [0.2, 0.25) is 0 Å². The first-order chi connectivity index (χ1) is 10.4. The number of allylic oxidation sites excluding steroid dienone is 2. The highest BCUT2D eigenvalue weighted by Crippen LogP contribution is 2.72. The lowest BCUT2D eigenvalue weighted by Crippen LogP contribution is -2.49. The fraction of sp³-hybridized carbons (Fsp3) is 0.789. The number of hydrogen-bond acceptors (Lipinski definition) is 3. The van der Waals surface area contributed by atoms with E-state index in [9.17, 15) is 14.7 Å². The second-order valence-electron chi connectivity index (χ2n) is 9.19. The van der Waals surface area contributed by atoms with Crippen molar-refractivity contribution in [2.75, 3.05) is 0 Å². The van der Waals surface area contributed by atoms with Crippen LogP contribution in [0.5, 0.6) is 0 Å². The van der Waals surface area contributed by atoms with Crippen molar-refractivity contribution >= 4 is 11.8 Å². The lowest BCUT2D eigenvalue weighted by atomic mass is 9.53. The molecule has 0 aliphatic heterocycles. The van der Waals surface area contributed by atoms with Gasteiger partial charge in [-0.25, -0.2) is 0 Å². The van der Waals surface area contributed by atoms with Crippen LogP contribution in [-0.2, 0) is 9.59 Å². The van der Waals surface area contributed by atoms with Crippen molar-refractivity contribution in [2.24, 2.45) is 28.1 Å². The topological polar surface area (TPSA) is 74.6 Å². The Morgan fingerprint density at radius 3 is 2.52 bits per heavy atom. The third-order valence-corrected chi connectivity index (χ3v) is 7.12. The van der Waals surface area contributed by atoms with Crippen molar-refractivity contribution in [2.45, 2.75) is 65.4 Å². The maximum Gasteiger partial charge on any atom is 0.303 e. The number of aliphatic carboxylic acids is 1. The molecular weight excluding hydrogens is 292 g/mol. The third kappa shape index (κ3) is 2.29. The van der Waals surface area contributed by atoms with Gasteiger partial charge in [-0.15, -0.1) is 0 Å². The lowest BCUT2D eigenvalue weighted by Gasteiger charge is -2.50. The summed E-state index contributed by atoms with van der Waals surface area (Å²) in [7, 11) is 0. The molecule has 1 spiro atoms. The van der Waals surface area contributed by atoms with Crippen LogP contribution >= 0.6 is 0 Å². The molecule has 2 N–H and O–H groups in total. The monoisotopic (exact) mass is 320 g/mol. The summed E-state index contributed by atoms with van der Waals surface area (Å²) in [6, 6.07) is 0. The molecule has 2 saturated carbocycles. The average molecular weight is 320 g/mol. The molecule has 5 unspecified atom stereocenters. The molecule has 3 rings (SSSR count). The minimum Gasteiger partial charge on any atom is -0.481 e. The van der Waals surface area contributed by atoms with Crippen molar-refractivity contribution < 1.29 is 19.8 Å². The van der Waals surface area contributed by atoms with Gasteiger partial charge < -0.3 is 10.2 Å².